The molecule has 4 aromatic heterocycles. The quantitative estimate of drug-likeness (QED) is 0.273. The Bertz CT molecular complexity index is 1530. The third-order valence-electron chi connectivity index (χ3n) is 7.50. The summed E-state index contributed by atoms with van der Waals surface area (Å²) in [6, 6.07) is 7.83. The zero-order valence-corrected chi connectivity index (χ0v) is 22.8. The standard InChI is InChI=1S/C30H33N7O3/c1-30(2,39)27-9-6-19(15-31-27)16-32-29(38)26-17-37(36-35-26)11-4-3-5-22-13-24-25(34-33-22)14-23(20-7-8-20)28(24)21-10-12-40-18-21/h6,9-10,12-13,15,17-18,20,39H,3-5,7-8,11,14,16H2,1-2H3,(H,32,38). The Morgan fingerprint density at radius 3 is 2.77 bits per heavy atom. The van der Waals surface area contributed by atoms with Crippen LogP contribution in [0.3, 0.4) is 0 Å². The van der Waals surface area contributed by atoms with Crippen molar-refractivity contribution in [2.24, 2.45) is 5.92 Å². The van der Waals surface area contributed by atoms with Crippen LogP contribution < -0.4 is 5.32 Å². The van der Waals surface area contributed by atoms with E-state index in [1.54, 1.807) is 43.3 Å². The van der Waals surface area contributed by atoms with Crippen LogP contribution >= 0.6 is 0 Å². The molecule has 0 atom stereocenters. The summed E-state index contributed by atoms with van der Waals surface area (Å²) in [5, 5.41) is 30.1. The van der Waals surface area contributed by atoms with Gasteiger partial charge in [0.15, 0.2) is 5.69 Å². The van der Waals surface area contributed by atoms with Gasteiger partial charge >= 0.3 is 0 Å². The molecule has 10 nitrogen and oxygen atoms in total. The van der Waals surface area contributed by atoms with Gasteiger partial charge in [-0.25, -0.2) is 0 Å². The third kappa shape index (κ3) is 5.72. The van der Waals surface area contributed by atoms with E-state index in [2.05, 4.69) is 36.9 Å². The number of fused-ring (bicyclic) bond motifs is 1. The Kier molecular flexibility index (Phi) is 7.02. The van der Waals surface area contributed by atoms with Gasteiger partial charge in [-0.3, -0.25) is 14.5 Å². The van der Waals surface area contributed by atoms with E-state index in [0.29, 0.717) is 24.7 Å². The van der Waals surface area contributed by atoms with Crippen LogP contribution in [0.1, 0.15) is 83.8 Å². The monoisotopic (exact) mass is 539 g/mol. The fourth-order valence-corrected chi connectivity index (χ4v) is 5.15. The molecule has 0 unspecified atom stereocenters. The van der Waals surface area contributed by atoms with E-state index < -0.39 is 5.60 Å². The number of carbonyl (C=O) groups excluding carboxylic acids is 1. The van der Waals surface area contributed by atoms with Crippen LogP contribution in [0.15, 0.2) is 59.2 Å². The number of aromatic nitrogens is 6. The molecule has 10 heteroatoms. The molecule has 1 amide bonds. The maximum Gasteiger partial charge on any atom is 0.273 e. The average molecular weight is 540 g/mol. The first-order valence-corrected chi connectivity index (χ1v) is 13.8. The minimum Gasteiger partial charge on any atom is -0.472 e. The van der Waals surface area contributed by atoms with Gasteiger partial charge in [-0.05, 0) is 81.2 Å². The summed E-state index contributed by atoms with van der Waals surface area (Å²) >= 11 is 0. The first-order chi connectivity index (χ1) is 19.3. The zero-order chi connectivity index (χ0) is 27.7. The van der Waals surface area contributed by atoms with Gasteiger partial charge < -0.3 is 14.8 Å². The van der Waals surface area contributed by atoms with Gasteiger partial charge in [0.2, 0.25) is 0 Å². The van der Waals surface area contributed by atoms with E-state index in [4.69, 9.17) is 4.42 Å². The van der Waals surface area contributed by atoms with Crippen LogP contribution in [0.25, 0.3) is 5.57 Å². The molecule has 0 bridgehead atoms. The lowest BCUT2D eigenvalue weighted by molar-refractivity contribution is 0.0737. The highest BCUT2D eigenvalue weighted by molar-refractivity contribution is 5.91. The van der Waals surface area contributed by atoms with Crippen molar-refractivity contribution in [1.29, 1.82) is 0 Å². The fraction of sp³-hybridized carbons (Fsp3) is 0.400. The van der Waals surface area contributed by atoms with Gasteiger partial charge in [-0.2, -0.15) is 10.2 Å². The molecule has 4 aromatic rings. The van der Waals surface area contributed by atoms with Crippen molar-refractivity contribution in [3.63, 3.8) is 0 Å². The van der Waals surface area contributed by atoms with Crippen LogP contribution in [0.2, 0.25) is 0 Å². The smallest absolute Gasteiger partial charge is 0.273 e. The molecule has 0 spiro atoms. The number of allylic oxidation sites excluding steroid dienone is 1. The summed E-state index contributed by atoms with van der Waals surface area (Å²) in [6.07, 6.45) is 12.9. The second kappa shape index (κ2) is 10.8. The number of furan rings is 1. The SMILES string of the molecule is CC(C)(O)c1ccc(CNC(=O)c2cn(CCCCc3cc4c(nn3)CC(C3CC3)=C4c3ccoc3)nn2)cn1. The molecule has 6 rings (SSSR count). The fourth-order valence-electron chi connectivity index (χ4n) is 5.15. The number of hydrogen-bond donors (Lipinski definition) is 2. The Balaban J connectivity index is 0.996. The number of unbranched alkanes of at least 4 members (excludes halogenated alkanes) is 1. The molecule has 0 aliphatic heterocycles. The van der Waals surface area contributed by atoms with Crippen LogP contribution in [0.4, 0.5) is 0 Å². The summed E-state index contributed by atoms with van der Waals surface area (Å²) in [6.45, 7) is 4.34. The number of aryl methyl sites for hydroxylation is 2. The number of rotatable bonds is 11. The highest BCUT2D eigenvalue weighted by Gasteiger charge is 2.35. The van der Waals surface area contributed by atoms with Crippen LogP contribution in [0, 0.1) is 5.92 Å². The second-order valence-electron chi connectivity index (χ2n) is 11.2. The Morgan fingerprint density at radius 2 is 2.05 bits per heavy atom. The molecule has 2 N–H and O–H groups in total. The number of nitrogens with one attached hydrogen (secondary N) is 1. The lowest BCUT2D eigenvalue weighted by Gasteiger charge is -2.16. The van der Waals surface area contributed by atoms with Crippen molar-refractivity contribution < 1.29 is 14.3 Å². The summed E-state index contributed by atoms with van der Waals surface area (Å²) in [4.78, 5) is 16.8. The molecule has 0 saturated heterocycles. The van der Waals surface area contributed by atoms with E-state index in [1.807, 2.05) is 18.4 Å². The van der Waals surface area contributed by atoms with Crippen molar-refractivity contribution in [3.05, 3.63) is 94.2 Å². The van der Waals surface area contributed by atoms with Gasteiger partial charge in [0.25, 0.3) is 5.91 Å². The van der Waals surface area contributed by atoms with E-state index in [0.717, 1.165) is 48.2 Å². The van der Waals surface area contributed by atoms with Gasteiger partial charge in [0.05, 0.1) is 35.8 Å². The summed E-state index contributed by atoms with van der Waals surface area (Å²) in [5.41, 5.74) is 7.83. The van der Waals surface area contributed by atoms with Gasteiger partial charge in [0.1, 0.15) is 5.60 Å². The molecule has 4 heterocycles. The van der Waals surface area contributed by atoms with E-state index in [1.165, 1.54) is 29.6 Å². The molecule has 0 radical (unpaired) electrons. The van der Waals surface area contributed by atoms with Gasteiger partial charge in [0, 0.05) is 36.8 Å². The summed E-state index contributed by atoms with van der Waals surface area (Å²) < 4.78 is 7.09. The largest absolute Gasteiger partial charge is 0.472 e. The van der Waals surface area contributed by atoms with Crippen molar-refractivity contribution >= 4 is 11.5 Å². The first kappa shape index (κ1) is 26.1. The topological polar surface area (TPSA) is 132 Å². The predicted molar refractivity (Wildman–Crippen MR) is 147 cm³/mol. The lowest BCUT2D eigenvalue weighted by Crippen LogP contribution is -2.23. The van der Waals surface area contributed by atoms with Crippen LogP contribution in [-0.4, -0.2) is 41.2 Å². The summed E-state index contributed by atoms with van der Waals surface area (Å²) in [5.74, 6) is 0.374. The molecule has 0 aromatic carbocycles. The first-order valence-electron chi connectivity index (χ1n) is 13.8. The Labute approximate surface area is 232 Å². The van der Waals surface area contributed by atoms with Crippen molar-refractivity contribution in [2.45, 2.75) is 71.1 Å². The molecule has 206 valence electrons. The number of aliphatic hydroxyl groups is 1. The maximum atomic E-state index is 12.5. The van der Waals surface area contributed by atoms with Crippen molar-refractivity contribution in [1.82, 2.24) is 35.5 Å². The molecule has 1 fully saturated rings. The van der Waals surface area contributed by atoms with Crippen LogP contribution in [-0.2, 0) is 31.5 Å². The normalized spacial score (nSPS) is 15.0. The van der Waals surface area contributed by atoms with E-state index >= 15 is 0 Å². The Morgan fingerprint density at radius 1 is 1.18 bits per heavy atom. The van der Waals surface area contributed by atoms with Gasteiger partial charge in [-0.1, -0.05) is 16.9 Å². The molecular formula is C30H33N7O3. The zero-order valence-electron chi connectivity index (χ0n) is 22.8. The predicted octanol–water partition coefficient (Wildman–Crippen LogP) is 4.00. The second-order valence-corrected chi connectivity index (χ2v) is 11.2. The molecule has 40 heavy (non-hydrogen) atoms. The van der Waals surface area contributed by atoms with E-state index in [9.17, 15) is 9.90 Å². The highest BCUT2D eigenvalue weighted by Crippen LogP contribution is 2.48. The van der Waals surface area contributed by atoms with E-state index in [-0.39, 0.29) is 11.6 Å². The highest BCUT2D eigenvalue weighted by atomic mass is 16.3. The number of nitrogens with zero attached hydrogens (tertiary/aromatic N) is 6. The van der Waals surface area contributed by atoms with Crippen molar-refractivity contribution in [2.75, 3.05) is 0 Å². The Hall–Kier alpha value is -4.18. The molecule has 1 saturated carbocycles. The number of pyridine rings is 1. The third-order valence-corrected chi connectivity index (χ3v) is 7.50. The van der Waals surface area contributed by atoms with Crippen LogP contribution in [0.5, 0.6) is 0 Å². The molecule has 2 aliphatic rings. The number of amides is 1. The molecular weight excluding hydrogens is 506 g/mol. The minimum atomic E-state index is -1.00. The number of carbonyl (C=O) groups is 1. The lowest BCUT2D eigenvalue weighted by atomic mass is 9.98. The average Bonchev–Trinajstić information content (AvgIpc) is 3.30. The maximum absolute atomic E-state index is 12.5. The van der Waals surface area contributed by atoms with Gasteiger partial charge in [-0.15, -0.1) is 5.10 Å². The van der Waals surface area contributed by atoms with Crippen molar-refractivity contribution in [3.8, 4) is 0 Å². The number of hydrogen-bond acceptors (Lipinski definition) is 8. The minimum absolute atomic E-state index is 0.274. The summed E-state index contributed by atoms with van der Waals surface area (Å²) in [7, 11) is 0. The molecule has 2 aliphatic carbocycles.